The number of halogens is 3. The van der Waals surface area contributed by atoms with Crippen molar-refractivity contribution < 1.29 is 13.2 Å². The van der Waals surface area contributed by atoms with Gasteiger partial charge in [-0.1, -0.05) is 18.2 Å². The molecule has 2 aromatic heterocycles. The summed E-state index contributed by atoms with van der Waals surface area (Å²) >= 11 is 0. The predicted octanol–water partition coefficient (Wildman–Crippen LogP) is 3.86. The molecule has 0 aliphatic carbocycles. The normalized spacial score (nSPS) is 13.3. The zero-order chi connectivity index (χ0) is 15.7. The largest absolute Gasteiger partial charge is 0.407 e. The summed E-state index contributed by atoms with van der Waals surface area (Å²) < 4.78 is 39.2. The standard InChI is InChI=1S/C16H12F3N3/c17-16(18,19)15(20)12-8-10-4-1-2-6-13(10)22-14(12)11-5-3-7-21-9-11/h1-9,15H,20H2/t15-/m1/s1. The van der Waals surface area contributed by atoms with Crippen molar-refractivity contribution in [3.63, 3.8) is 0 Å². The number of fused-ring (bicyclic) bond motifs is 1. The lowest BCUT2D eigenvalue weighted by Crippen LogP contribution is -2.29. The molecule has 0 aliphatic rings. The maximum atomic E-state index is 13.1. The summed E-state index contributed by atoms with van der Waals surface area (Å²) in [6.07, 6.45) is -1.52. The molecule has 1 aromatic carbocycles. The number of hydrogen-bond donors (Lipinski definition) is 1. The van der Waals surface area contributed by atoms with Crippen LogP contribution in [-0.2, 0) is 0 Å². The Bertz CT molecular complexity index is 801. The Hall–Kier alpha value is -2.47. The van der Waals surface area contributed by atoms with Gasteiger partial charge in [0.1, 0.15) is 6.04 Å². The molecule has 0 spiro atoms. The molecule has 0 amide bonds. The van der Waals surface area contributed by atoms with Crippen molar-refractivity contribution in [3.05, 3.63) is 60.4 Å². The molecule has 0 bridgehead atoms. The van der Waals surface area contributed by atoms with Crippen LogP contribution >= 0.6 is 0 Å². The molecule has 0 unspecified atom stereocenters. The molecule has 3 aromatic rings. The van der Waals surface area contributed by atoms with Gasteiger partial charge in [-0.15, -0.1) is 0 Å². The zero-order valence-corrected chi connectivity index (χ0v) is 11.4. The van der Waals surface area contributed by atoms with E-state index in [1.165, 1.54) is 12.3 Å². The van der Waals surface area contributed by atoms with Crippen LogP contribution < -0.4 is 5.73 Å². The molecule has 3 rings (SSSR count). The van der Waals surface area contributed by atoms with Crippen molar-refractivity contribution in [3.8, 4) is 11.3 Å². The summed E-state index contributed by atoms with van der Waals surface area (Å²) in [4.78, 5) is 8.30. The Balaban J connectivity index is 2.28. The van der Waals surface area contributed by atoms with E-state index in [4.69, 9.17) is 5.73 Å². The lowest BCUT2D eigenvalue weighted by molar-refractivity contribution is -0.149. The second-order valence-corrected chi connectivity index (χ2v) is 4.88. The van der Waals surface area contributed by atoms with Gasteiger partial charge in [0.15, 0.2) is 0 Å². The van der Waals surface area contributed by atoms with Gasteiger partial charge < -0.3 is 5.73 Å². The van der Waals surface area contributed by atoms with Gasteiger partial charge >= 0.3 is 6.18 Å². The first-order valence-electron chi connectivity index (χ1n) is 6.59. The summed E-state index contributed by atoms with van der Waals surface area (Å²) in [5, 5.41) is 0.616. The number of aromatic nitrogens is 2. The average Bonchev–Trinajstić information content (AvgIpc) is 2.53. The quantitative estimate of drug-likeness (QED) is 0.782. The molecule has 0 saturated carbocycles. The van der Waals surface area contributed by atoms with Crippen LogP contribution in [0.25, 0.3) is 22.2 Å². The van der Waals surface area contributed by atoms with Crippen molar-refractivity contribution in [1.29, 1.82) is 0 Å². The maximum Gasteiger partial charge on any atom is 0.407 e. The van der Waals surface area contributed by atoms with Gasteiger partial charge in [-0.25, -0.2) is 4.98 Å². The molecule has 2 heterocycles. The molecular formula is C16H12F3N3. The van der Waals surface area contributed by atoms with Crippen molar-refractivity contribution >= 4 is 10.9 Å². The third kappa shape index (κ3) is 2.65. The minimum Gasteiger partial charge on any atom is -0.316 e. The van der Waals surface area contributed by atoms with Crippen LogP contribution in [0.4, 0.5) is 13.2 Å². The highest BCUT2D eigenvalue weighted by Crippen LogP contribution is 2.36. The van der Waals surface area contributed by atoms with E-state index in [1.54, 1.807) is 42.6 Å². The molecule has 0 saturated heterocycles. The van der Waals surface area contributed by atoms with E-state index >= 15 is 0 Å². The van der Waals surface area contributed by atoms with Crippen molar-refractivity contribution in [2.24, 2.45) is 5.73 Å². The minimum atomic E-state index is -4.54. The fraction of sp³-hybridized carbons (Fsp3) is 0.125. The number of rotatable bonds is 2. The highest BCUT2D eigenvalue weighted by atomic mass is 19.4. The van der Waals surface area contributed by atoms with Gasteiger partial charge in [0, 0.05) is 28.9 Å². The van der Waals surface area contributed by atoms with Crippen LogP contribution in [0.2, 0.25) is 0 Å². The van der Waals surface area contributed by atoms with Crippen LogP contribution in [-0.4, -0.2) is 16.1 Å². The Morgan fingerprint density at radius 3 is 2.50 bits per heavy atom. The van der Waals surface area contributed by atoms with Crippen LogP contribution in [0.5, 0.6) is 0 Å². The van der Waals surface area contributed by atoms with Crippen molar-refractivity contribution in [2.45, 2.75) is 12.2 Å². The average molecular weight is 303 g/mol. The molecule has 2 N–H and O–H groups in total. The first-order chi connectivity index (χ1) is 10.5. The molecule has 112 valence electrons. The molecule has 0 fully saturated rings. The lowest BCUT2D eigenvalue weighted by atomic mass is 9.99. The fourth-order valence-corrected chi connectivity index (χ4v) is 2.28. The van der Waals surface area contributed by atoms with E-state index in [2.05, 4.69) is 9.97 Å². The topological polar surface area (TPSA) is 51.8 Å². The Kier molecular flexibility index (Phi) is 3.54. The smallest absolute Gasteiger partial charge is 0.316 e. The van der Waals surface area contributed by atoms with Crippen LogP contribution in [0.1, 0.15) is 11.6 Å². The van der Waals surface area contributed by atoms with E-state index in [-0.39, 0.29) is 11.3 Å². The van der Waals surface area contributed by atoms with Crippen LogP contribution in [0, 0.1) is 0 Å². The molecule has 22 heavy (non-hydrogen) atoms. The lowest BCUT2D eigenvalue weighted by Gasteiger charge is -2.19. The number of alkyl halides is 3. The number of para-hydroxylation sites is 1. The number of pyridine rings is 2. The van der Waals surface area contributed by atoms with Crippen molar-refractivity contribution in [2.75, 3.05) is 0 Å². The summed E-state index contributed by atoms with van der Waals surface area (Å²) in [5.41, 5.74) is 6.68. The highest BCUT2D eigenvalue weighted by molar-refractivity contribution is 5.83. The predicted molar refractivity (Wildman–Crippen MR) is 78.0 cm³/mol. The third-order valence-corrected chi connectivity index (χ3v) is 3.38. The van der Waals surface area contributed by atoms with Crippen LogP contribution in [0.3, 0.4) is 0 Å². The molecule has 6 heteroatoms. The van der Waals surface area contributed by atoms with Gasteiger partial charge in [0.2, 0.25) is 0 Å². The SMILES string of the molecule is N[C@H](c1cc2ccccc2nc1-c1cccnc1)C(F)(F)F. The van der Waals surface area contributed by atoms with E-state index in [1.807, 2.05) is 0 Å². The molecule has 0 radical (unpaired) electrons. The fourth-order valence-electron chi connectivity index (χ4n) is 2.28. The van der Waals surface area contributed by atoms with E-state index in [0.29, 0.717) is 16.5 Å². The number of benzene rings is 1. The van der Waals surface area contributed by atoms with Gasteiger partial charge in [-0.2, -0.15) is 13.2 Å². The highest BCUT2D eigenvalue weighted by Gasteiger charge is 2.39. The third-order valence-electron chi connectivity index (χ3n) is 3.38. The first kappa shape index (κ1) is 14.5. The van der Waals surface area contributed by atoms with E-state index in [0.717, 1.165) is 0 Å². The monoisotopic (exact) mass is 303 g/mol. The molecule has 3 nitrogen and oxygen atoms in total. The Morgan fingerprint density at radius 2 is 1.82 bits per heavy atom. The zero-order valence-electron chi connectivity index (χ0n) is 11.4. The van der Waals surface area contributed by atoms with Gasteiger partial charge in [-0.05, 0) is 24.3 Å². The molecule has 0 aliphatic heterocycles. The minimum absolute atomic E-state index is 0.0563. The Labute approximate surface area is 124 Å². The summed E-state index contributed by atoms with van der Waals surface area (Å²) in [5.74, 6) is 0. The summed E-state index contributed by atoms with van der Waals surface area (Å²) in [7, 11) is 0. The van der Waals surface area contributed by atoms with Crippen LogP contribution in [0.15, 0.2) is 54.9 Å². The molecule has 1 atom stereocenters. The van der Waals surface area contributed by atoms with Gasteiger partial charge in [0.25, 0.3) is 0 Å². The van der Waals surface area contributed by atoms with Gasteiger partial charge in [0.05, 0.1) is 11.2 Å². The first-order valence-corrected chi connectivity index (χ1v) is 6.59. The summed E-state index contributed by atoms with van der Waals surface area (Å²) in [6.45, 7) is 0. The van der Waals surface area contributed by atoms with Gasteiger partial charge in [-0.3, -0.25) is 4.98 Å². The number of nitrogens with two attached hydrogens (primary N) is 1. The second-order valence-electron chi connectivity index (χ2n) is 4.88. The number of hydrogen-bond acceptors (Lipinski definition) is 3. The van der Waals surface area contributed by atoms with E-state index in [9.17, 15) is 13.2 Å². The Morgan fingerprint density at radius 1 is 1.05 bits per heavy atom. The second kappa shape index (κ2) is 5.38. The van der Waals surface area contributed by atoms with Crippen molar-refractivity contribution in [1.82, 2.24) is 9.97 Å². The molecular weight excluding hydrogens is 291 g/mol. The maximum absolute atomic E-state index is 13.1. The summed E-state index contributed by atoms with van der Waals surface area (Å²) in [6, 6.07) is 9.65. The number of nitrogens with zero attached hydrogens (tertiary/aromatic N) is 2. The van der Waals surface area contributed by atoms with E-state index < -0.39 is 12.2 Å².